The van der Waals surface area contributed by atoms with Crippen LogP contribution in [-0.2, 0) is 6.54 Å². The van der Waals surface area contributed by atoms with Crippen LogP contribution in [0, 0.1) is 0 Å². The lowest BCUT2D eigenvalue weighted by Gasteiger charge is -2.09. The second-order valence-electron chi connectivity index (χ2n) is 7.93. The van der Waals surface area contributed by atoms with Crippen molar-refractivity contribution in [2.45, 2.75) is 19.9 Å². The molecule has 0 unspecified atom stereocenters. The predicted molar refractivity (Wildman–Crippen MR) is 134 cm³/mol. The van der Waals surface area contributed by atoms with Gasteiger partial charge in [-0.1, -0.05) is 79.7 Å². The van der Waals surface area contributed by atoms with Gasteiger partial charge in [-0.2, -0.15) is 0 Å². The summed E-state index contributed by atoms with van der Waals surface area (Å²) in [5.74, 6) is 1.05. The maximum absolute atomic E-state index is 4.95. The van der Waals surface area contributed by atoms with Gasteiger partial charge in [-0.3, -0.25) is 0 Å². The van der Waals surface area contributed by atoms with Crippen molar-refractivity contribution in [3.63, 3.8) is 0 Å². The third-order valence-corrected chi connectivity index (χ3v) is 7.18. The summed E-state index contributed by atoms with van der Waals surface area (Å²) in [5.41, 5.74) is 5.98. The lowest BCUT2D eigenvalue weighted by molar-refractivity contribution is 0.704. The Morgan fingerprint density at radius 2 is 1.48 bits per heavy atom. The lowest BCUT2D eigenvalue weighted by Crippen LogP contribution is -1.99. The summed E-state index contributed by atoms with van der Waals surface area (Å²) in [6, 6.07) is 32.7. The summed E-state index contributed by atoms with van der Waals surface area (Å²) >= 11 is 1.88. The molecule has 2 aromatic heterocycles. The smallest absolute Gasteiger partial charge is 0.141 e. The second-order valence-corrected chi connectivity index (χ2v) is 8.99. The maximum atomic E-state index is 4.95. The minimum atomic E-state index is 0.971. The van der Waals surface area contributed by atoms with Crippen molar-refractivity contribution in [3.8, 4) is 22.5 Å². The minimum Gasteiger partial charge on any atom is -0.324 e. The zero-order valence-electron chi connectivity index (χ0n) is 17.4. The molecule has 4 aromatic carbocycles. The highest BCUT2D eigenvalue weighted by molar-refractivity contribution is 7.26. The first-order chi connectivity index (χ1) is 15.3. The van der Waals surface area contributed by atoms with Crippen molar-refractivity contribution in [3.05, 3.63) is 91.0 Å². The first-order valence-electron chi connectivity index (χ1n) is 10.8. The summed E-state index contributed by atoms with van der Waals surface area (Å²) in [7, 11) is 0. The Kier molecular flexibility index (Phi) is 4.36. The van der Waals surface area contributed by atoms with E-state index < -0.39 is 0 Å². The fourth-order valence-corrected chi connectivity index (χ4v) is 5.76. The number of nitrogens with zero attached hydrogens (tertiary/aromatic N) is 2. The van der Waals surface area contributed by atoms with Gasteiger partial charge in [0.25, 0.3) is 0 Å². The van der Waals surface area contributed by atoms with E-state index in [4.69, 9.17) is 4.98 Å². The first kappa shape index (κ1) is 18.3. The van der Waals surface area contributed by atoms with Crippen LogP contribution in [-0.4, -0.2) is 9.55 Å². The summed E-state index contributed by atoms with van der Waals surface area (Å²) in [4.78, 5) is 4.95. The van der Waals surface area contributed by atoms with Gasteiger partial charge in [0, 0.05) is 32.3 Å². The molecule has 0 amide bonds. The molecule has 0 atom stereocenters. The normalized spacial score (nSPS) is 11.6. The van der Waals surface area contributed by atoms with Gasteiger partial charge >= 0.3 is 0 Å². The summed E-state index contributed by atoms with van der Waals surface area (Å²) < 4.78 is 5.04. The van der Waals surface area contributed by atoms with Crippen LogP contribution >= 0.6 is 11.3 Å². The van der Waals surface area contributed by atoms with Crippen LogP contribution in [0.15, 0.2) is 91.0 Å². The molecule has 3 heteroatoms. The highest BCUT2D eigenvalue weighted by atomic mass is 32.1. The van der Waals surface area contributed by atoms with E-state index in [-0.39, 0.29) is 0 Å². The Morgan fingerprint density at radius 1 is 0.742 bits per heavy atom. The topological polar surface area (TPSA) is 17.8 Å². The van der Waals surface area contributed by atoms with Crippen molar-refractivity contribution in [2.24, 2.45) is 0 Å². The van der Waals surface area contributed by atoms with Gasteiger partial charge in [-0.25, -0.2) is 4.98 Å². The zero-order chi connectivity index (χ0) is 20.8. The van der Waals surface area contributed by atoms with Crippen LogP contribution in [0.3, 0.4) is 0 Å². The van der Waals surface area contributed by atoms with Gasteiger partial charge in [-0.15, -0.1) is 11.3 Å². The molecule has 0 radical (unpaired) electrons. The molecule has 0 aliphatic rings. The summed E-state index contributed by atoms with van der Waals surface area (Å²) in [5, 5.41) is 2.68. The van der Waals surface area contributed by atoms with Gasteiger partial charge in [-0.05, 0) is 35.7 Å². The standard InChI is InChI=1S/C28H22N2S/c1-2-18-30-25-12-5-4-11-24(25)29-28(30)20-16-14-19(15-17-20)21-9-7-10-23-22-8-3-6-13-26(22)31-27(21)23/h3-17H,2,18H2,1H3. The van der Waals surface area contributed by atoms with E-state index in [1.54, 1.807) is 0 Å². The molecule has 6 rings (SSSR count). The molecule has 0 saturated heterocycles. The van der Waals surface area contributed by atoms with Gasteiger partial charge in [0.2, 0.25) is 0 Å². The van der Waals surface area contributed by atoms with E-state index in [0.717, 1.165) is 29.9 Å². The molecule has 2 nitrogen and oxygen atoms in total. The molecule has 2 heterocycles. The molecule has 31 heavy (non-hydrogen) atoms. The van der Waals surface area contributed by atoms with Crippen LogP contribution in [0.25, 0.3) is 53.7 Å². The van der Waals surface area contributed by atoms with Gasteiger partial charge < -0.3 is 4.57 Å². The average molecular weight is 419 g/mol. The monoisotopic (exact) mass is 418 g/mol. The van der Waals surface area contributed by atoms with Crippen molar-refractivity contribution in [2.75, 3.05) is 0 Å². The first-order valence-corrected chi connectivity index (χ1v) is 11.6. The van der Waals surface area contributed by atoms with E-state index >= 15 is 0 Å². The van der Waals surface area contributed by atoms with Crippen LogP contribution < -0.4 is 0 Å². The third-order valence-electron chi connectivity index (χ3n) is 5.96. The highest BCUT2D eigenvalue weighted by Crippen LogP contribution is 2.40. The highest BCUT2D eigenvalue weighted by Gasteiger charge is 2.13. The quantitative estimate of drug-likeness (QED) is 0.282. The van der Waals surface area contributed by atoms with Crippen LogP contribution in [0.5, 0.6) is 0 Å². The molecule has 0 saturated carbocycles. The van der Waals surface area contributed by atoms with Crippen molar-refractivity contribution in [1.82, 2.24) is 9.55 Å². The molecular weight excluding hydrogens is 396 g/mol. The molecule has 6 aromatic rings. The molecule has 0 fully saturated rings. The van der Waals surface area contributed by atoms with E-state index in [9.17, 15) is 0 Å². The second kappa shape index (κ2) is 7.36. The summed E-state index contributed by atoms with van der Waals surface area (Å²) in [6.45, 7) is 3.19. The van der Waals surface area contributed by atoms with Crippen LogP contribution in [0.2, 0.25) is 0 Å². The molecule has 0 aliphatic carbocycles. The number of thiophene rings is 1. The van der Waals surface area contributed by atoms with Crippen molar-refractivity contribution < 1.29 is 0 Å². The number of hydrogen-bond acceptors (Lipinski definition) is 2. The Morgan fingerprint density at radius 3 is 2.35 bits per heavy atom. The molecule has 0 bridgehead atoms. The van der Waals surface area contributed by atoms with E-state index in [0.29, 0.717) is 0 Å². The largest absolute Gasteiger partial charge is 0.324 e. The van der Waals surface area contributed by atoms with Gasteiger partial charge in [0.1, 0.15) is 5.82 Å². The van der Waals surface area contributed by atoms with Gasteiger partial charge in [0.05, 0.1) is 11.0 Å². The SMILES string of the molecule is CCCn1c(-c2ccc(-c3cccc4c3sc3ccccc34)cc2)nc2ccccc21. The predicted octanol–water partition coefficient (Wildman–Crippen LogP) is 8.15. The number of para-hydroxylation sites is 2. The number of rotatable bonds is 4. The molecule has 150 valence electrons. The zero-order valence-corrected chi connectivity index (χ0v) is 18.2. The third kappa shape index (κ3) is 2.96. The lowest BCUT2D eigenvalue weighted by atomic mass is 10.0. The van der Waals surface area contributed by atoms with E-state index in [1.807, 2.05) is 11.3 Å². The number of benzene rings is 4. The van der Waals surface area contributed by atoms with Crippen molar-refractivity contribution in [1.29, 1.82) is 0 Å². The number of hydrogen-bond donors (Lipinski definition) is 0. The Bertz CT molecular complexity index is 1540. The number of imidazole rings is 1. The molecular formula is C28H22N2S. The van der Waals surface area contributed by atoms with Crippen LogP contribution in [0.1, 0.15) is 13.3 Å². The maximum Gasteiger partial charge on any atom is 0.141 e. The molecule has 0 N–H and O–H groups in total. The number of aryl methyl sites for hydroxylation is 1. The fourth-order valence-electron chi connectivity index (χ4n) is 4.52. The number of aromatic nitrogens is 2. The summed E-state index contributed by atoms with van der Waals surface area (Å²) in [6.07, 6.45) is 1.08. The number of fused-ring (bicyclic) bond motifs is 4. The Balaban J connectivity index is 1.47. The van der Waals surface area contributed by atoms with Crippen LogP contribution in [0.4, 0.5) is 0 Å². The van der Waals surface area contributed by atoms with Crippen molar-refractivity contribution >= 4 is 42.5 Å². The van der Waals surface area contributed by atoms with E-state index in [2.05, 4.69) is 102 Å². The van der Waals surface area contributed by atoms with E-state index in [1.165, 1.54) is 36.8 Å². The average Bonchev–Trinajstić information content (AvgIpc) is 3.38. The Hall–Kier alpha value is -3.43. The molecule has 0 aliphatic heterocycles. The fraction of sp³-hybridized carbons (Fsp3) is 0.107. The Labute approximate surface area is 185 Å². The molecule has 0 spiro atoms. The van der Waals surface area contributed by atoms with Gasteiger partial charge in [0.15, 0.2) is 0 Å². The minimum absolute atomic E-state index is 0.971.